The van der Waals surface area contributed by atoms with Crippen molar-refractivity contribution in [2.75, 3.05) is 12.4 Å². The van der Waals surface area contributed by atoms with Crippen molar-refractivity contribution in [2.45, 2.75) is 25.9 Å². The van der Waals surface area contributed by atoms with E-state index < -0.39 is 17.8 Å². The Morgan fingerprint density at radius 2 is 1.39 bits per heavy atom. The summed E-state index contributed by atoms with van der Waals surface area (Å²) in [6.07, 6.45) is 4.91. The molecule has 3 aromatic carbocycles. The van der Waals surface area contributed by atoms with Gasteiger partial charge in [0.05, 0.1) is 24.5 Å². The van der Waals surface area contributed by atoms with Crippen LogP contribution in [0, 0.1) is 11.8 Å². The van der Waals surface area contributed by atoms with Gasteiger partial charge in [-0.2, -0.15) is 0 Å². The fourth-order valence-corrected chi connectivity index (χ4v) is 4.51. The first kappa shape index (κ1) is 24.9. The molecule has 0 saturated carbocycles. The molecule has 0 fully saturated rings. The monoisotopic (exact) mass is 482 g/mol. The van der Waals surface area contributed by atoms with E-state index in [0.29, 0.717) is 37.2 Å². The second kappa shape index (κ2) is 12.0. The van der Waals surface area contributed by atoms with Gasteiger partial charge in [0, 0.05) is 18.8 Å². The van der Waals surface area contributed by atoms with Crippen LogP contribution in [0.2, 0.25) is 0 Å². The molecule has 3 aromatic rings. The number of allylic oxidation sites excluding steroid dienone is 2. The zero-order chi connectivity index (χ0) is 25.3. The number of rotatable bonds is 8. The van der Waals surface area contributed by atoms with Crippen molar-refractivity contribution in [3.8, 4) is 0 Å². The summed E-state index contributed by atoms with van der Waals surface area (Å²) in [4.78, 5) is 41.0. The number of benzene rings is 3. The van der Waals surface area contributed by atoms with E-state index >= 15 is 0 Å². The molecular weight excluding hydrogens is 452 g/mol. The van der Waals surface area contributed by atoms with Gasteiger partial charge >= 0.3 is 5.97 Å². The van der Waals surface area contributed by atoms with Crippen LogP contribution in [-0.4, -0.2) is 29.8 Å². The fraction of sp³-hybridized carbons (Fsp3) is 0.233. The largest absolute Gasteiger partial charge is 0.465 e. The molecule has 0 radical (unpaired) electrons. The third kappa shape index (κ3) is 6.27. The third-order valence-corrected chi connectivity index (χ3v) is 6.38. The Morgan fingerprint density at radius 1 is 0.806 bits per heavy atom. The number of anilines is 1. The lowest BCUT2D eigenvalue weighted by Gasteiger charge is -2.32. The van der Waals surface area contributed by atoms with E-state index in [9.17, 15) is 14.4 Å². The van der Waals surface area contributed by atoms with Crippen LogP contribution < -0.4 is 5.32 Å². The van der Waals surface area contributed by atoms with Crippen LogP contribution >= 0.6 is 0 Å². The van der Waals surface area contributed by atoms with E-state index in [1.807, 2.05) is 77.7 Å². The molecule has 2 amide bonds. The quantitative estimate of drug-likeness (QED) is 0.353. The van der Waals surface area contributed by atoms with Gasteiger partial charge in [-0.1, -0.05) is 78.9 Å². The molecule has 1 aliphatic rings. The van der Waals surface area contributed by atoms with Gasteiger partial charge in [-0.3, -0.25) is 9.59 Å². The number of amides is 2. The van der Waals surface area contributed by atoms with Crippen molar-refractivity contribution in [2.24, 2.45) is 11.8 Å². The molecule has 0 aromatic heterocycles. The van der Waals surface area contributed by atoms with Crippen molar-refractivity contribution >= 4 is 23.5 Å². The van der Waals surface area contributed by atoms with Crippen LogP contribution in [0.5, 0.6) is 0 Å². The Bertz CT molecular complexity index is 1180. The molecule has 6 nitrogen and oxygen atoms in total. The number of esters is 1. The number of hydrogen-bond acceptors (Lipinski definition) is 4. The molecule has 0 spiro atoms. The maximum Gasteiger partial charge on any atom is 0.337 e. The summed E-state index contributed by atoms with van der Waals surface area (Å²) in [5.41, 5.74) is 2.92. The van der Waals surface area contributed by atoms with Crippen LogP contribution in [-0.2, 0) is 27.4 Å². The Labute approximate surface area is 211 Å². The lowest BCUT2D eigenvalue weighted by Crippen LogP contribution is -2.42. The Kier molecular flexibility index (Phi) is 8.29. The average Bonchev–Trinajstić information content (AvgIpc) is 2.93. The highest BCUT2D eigenvalue weighted by molar-refractivity contribution is 5.98. The van der Waals surface area contributed by atoms with E-state index in [0.717, 1.165) is 11.1 Å². The van der Waals surface area contributed by atoms with Gasteiger partial charge < -0.3 is 15.0 Å². The van der Waals surface area contributed by atoms with Crippen molar-refractivity contribution in [1.29, 1.82) is 0 Å². The summed E-state index contributed by atoms with van der Waals surface area (Å²) >= 11 is 0. The Hall–Kier alpha value is -4.19. The van der Waals surface area contributed by atoms with E-state index in [2.05, 4.69) is 5.32 Å². The zero-order valence-corrected chi connectivity index (χ0v) is 20.3. The van der Waals surface area contributed by atoms with Crippen molar-refractivity contribution in [1.82, 2.24) is 4.90 Å². The van der Waals surface area contributed by atoms with Gasteiger partial charge in [0.15, 0.2) is 0 Å². The van der Waals surface area contributed by atoms with Gasteiger partial charge in [0.1, 0.15) is 0 Å². The predicted octanol–water partition coefficient (Wildman–Crippen LogP) is 5.22. The molecule has 0 aliphatic heterocycles. The number of carbonyl (C=O) groups excluding carboxylic acids is 3. The normalized spacial score (nSPS) is 16.7. The summed E-state index contributed by atoms with van der Waals surface area (Å²) in [5.74, 6) is -1.75. The van der Waals surface area contributed by atoms with Crippen molar-refractivity contribution in [3.63, 3.8) is 0 Å². The maximum absolute atomic E-state index is 13.9. The number of nitrogens with one attached hydrogen (secondary N) is 1. The summed E-state index contributed by atoms with van der Waals surface area (Å²) < 4.78 is 4.77. The number of ether oxygens (including phenoxy) is 1. The van der Waals surface area contributed by atoms with E-state index in [-0.39, 0.29) is 11.8 Å². The third-order valence-electron chi connectivity index (χ3n) is 6.38. The molecule has 184 valence electrons. The molecule has 36 heavy (non-hydrogen) atoms. The predicted molar refractivity (Wildman–Crippen MR) is 139 cm³/mol. The van der Waals surface area contributed by atoms with Crippen LogP contribution in [0.15, 0.2) is 97.1 Å². The van der Waals surface area contributed by atoms with Crippen LogP contribution in [0.4, 0.5) is 5.69 Å². The van der Waals surface area contributed by atoms with Gasteiger partial charge in [-0.15, -0.1) is 0 Å². The van der Waals surface area contributed by atoms with Crippen LogP contribution in [0.3, 0.4) is 0 Å². The number of hydrogen-bond donors (Lipinski definition) is 1. The molecule has 6 heteroatoms. The van der Waals surface area contributed by atoms with Gasteiger partial charge in [-0.05, 0) is 42.2 Å². The van der Waals surface area contributed by atoms with Gasteiger partial charge in [-0.25, -0.2) is 4.79 Å². The first-order chi connectivity index (χ1) is 17.5. The average molecular weight is 483 g/mol. The van der Waals surface area contributed by atoms with Gasteiger partial charge in [0.2, 0.25) is 11.8 Å². The second-order valence-corrected chi connectivity index (χ2v) is 8.88. The number of carbonyl (C=O) groups is 3. The molecule has 2 unspecified atom stereocenters. The van der Waals surface area contributed by atoms with Gasteiger partial charge in [0.25, 0.3) is 0 Å². The molecule has 4 rings (SSSR count). The number of nitrogens with zero attached hydrogens (tertiary/aromatic N) is 1. The highest BCUT2D eigenvalue weighted by atomic mass is 16.5. The topological polar surface area (TPSA) is 75.7 Å². The molecule has 1 aliphatic carbocycles. The minimum Gasteiger partial charge on any atom is -0.465 e. The molecule has 0 heterocycles. The maximum atomic E-state index is 13.9. The van der Waals surface area contributed by atoms with Crippen LogP contribution in [0.25, 0.3) is 0 Å². The first-order valence-corrected chi connectivity index (χ1v) is 12.1. The highest BCUT2D eigenvalue weighted by Crippen LogP contribution is 2.30. The Morgan fingerprint density at radius 3 is 1.97 bits per heavy atom. The SMILES string of the molecule is COC(=O)c1cccc(NC(=O)C2CC=CCC2C(=O)N(Cc2ccccc2)Cc2ccccc2)c1. The lowest BCUT2D eigenvalue weighted by molar-refractivity contribution is -0.142. The Balaban J connectivity index is 1.54. The summed E-state index contributed by atoms with van der Waals surface area (Å²) in [6, 6.07) is 26.4. The highest BCUT2D eigenvalue weighted by Gasteiger charge is 2.36. The van der Waals surface area contributed by atoms with E-state index in [1.54, 1.807) is 24.3 Å². The molecule has 0 bridgehead atoms. The lowest BCUT2D eigenvalue weighted by atomic mass is 9.81. The standard InChI is InChI=1S/C30H30N2O4/c1-36-30(35)24-15-10-16-25(19-24)31-28(33)26-17-8-9-18-27(26)29(34)32(20-22-11-4-2-5-12-22)21-23-13-6-3-7-14-23/h2-16,19,26-27H,17-18,20-21H2,1H3,(H,31,33). The zero-order valence-electron chi connectivity index (χ0n) is 20.3. The fourth-order valence-electron chi connectivity index (χ4n) is 4.51. The van der Waals surface area contributed by atoms with Crippen molar-refractivity contribution in [3.05, 3.63) is 114 Å². The van der Waals surface area contributed by atoms with E-state index in [1.165, 1.54) is 7.11 Å². The molecule has 0 saturated heterocycles. The molecule has 2 atom stereocenters. The first-order valence-electron chi connectivity index (χ1n) is 12.1. The van der Waals surface area contributed by atoms with Crippen LogP contribution in [0.1, 0.15) is 34.3 Å². The summed E-state index contributed by atoms with van der Waals surface area (Å²) in [5, 5.41) is 2.90. The minimum absolute atomic E-state index is 0.0458. The molecular formula is C30H30N2O4. The number of methoxy groups -OCH3 is 1. The smallest absolute Gasteiger partial charge is 0.337 e. The summed E-state index contributed by atoms with van der Waals surface area (Å²) in [6.45, 7) is 0.925. The van der Waals surface area contributed by atoms with E-state index in [4.69, 9.17) is 4.74 Å². The molecule has 1 N–H and O–H groups in total. The van der Waals surface area contributed by atoms with Crippen molar-refractivity contribution < 1.29 is 19.1 Å². The summed E-state index contributed by atoms with van der Waals surface area (Å²) in [7, 11) is 1.31. The minimum atomic E-state index is -0.515. The second-order valence-electron chi connectivity index (χ2n) is 8.88.